The van der Waals surface area contributed by atoms with Crippen LogP contribution in [0.3, 0.4) is 0 Å². The van der Waals surface area contributed by atoms with Gasteiger partial charge in [0.1, 0.15) is 6.10 Å². The van der Waals surface area contributed by atoms with Gasteiger partial charge < -0.3 is 4.74 Å². The van der Waals surface area contributed by atoms with E-state index in [2.05, 4.69) is 13.8 Å². The summed E-state index contributed by atoms with van der Waals surface area (Å²) in [6.07, 6.45) is 11.0. The number of ether oxygens (including phenoxy) is 1. The molecule has 4 aliphatic carbocycles. The van der Waals surface area contributed by atoms with Crippen LogP contribution in [0.5, 0.6) is 0 Å². The first-order chi connectivity index (χ1) is 11.3. The number of hydrogen-bond acceptors (Lipinski definition) is 3. The normalized spacial score (nSPS) is 47.3. The number of rotatable bonds is 1. The topological polar surface area (TPSA) is 43.4 Å². The zero-order valence-electron chi connectivity index (χ0n) is 15.3. The maximum Gasteiger partial charge on any atom is 0.302 e. The molecule has 4 aliphatic rings. The van der Waals surface area contributed by atoms with Crippen LogP contribution in [0.15, 0.2) is 11.6 Å². The summed E-state index contributed by atoms with van der Waals surface area (Å²) in [5.41, 5.74) is 1.79. The fourth-order valence-corrected chi connectivity index (χ4v) is 6.69. The summed E-state index contributed by atoms with van der Waals surface area (Å²) in [6.45, 7) is 6.28. The fourth-order valence-electron chi connectivity index (χ4n) is 6.69. The first-order valence-electron chi connectivity index (χ1n) is 9.76. The Hall–Kier alpha value is -1.12. The van der Waals surface area contributed by atoms with E-state index in [4.69, 9.17) is 4.74 Å². The Labute approximate surface area is 145 Å². The van der Waals surface area contributed by atoms with Gasteiger partial charge in [0.05, 0.1) is 0 Å². The van der Waals surface area contributed by atoms with Crippen molar-refractivity contribution in [1.82, 2.24) is 0 Å². The summed E-state index contributed by atoms with van der Waals surface area (Å²) < 4.78 is 5.45. The Kier molecular flexibility index (Phi) is 3.71. The van der Waals surface area contributed by atoms with E-state index in [1.165, 1.54) is 44.6 Å². The van der Waals surface area contributed by atoms with Crippen LogP contribution in [0.1, 0.15) is 72.1 Å². The van der Waals surface area contributed by atoms with E-state index < -0.39 is 0 Å². The minimum Gasteiger partial charge on any atom is -0.462 e. The molecule has 0 saturated heterocycles. The Bertz CT molecular complexity index is 606. The van der Waals surface area contributed by atoms with Gasteiger partial charge in [0.15, 0.2) is 5.78 Å². The van der Waals surface area contributed by atoms with Crippen molar-refractivity contribution in [1.29, 1.82) is 0 Å². The zero-order valence-corrected chi connectivity index (χ0v) is 15.3. The molecule has 0 spiro atoms. The van der Waals surface area contributed by atoms with Gasteiger partial charge in [-0.3, -0.25) is 9.59 Å². The Balaban J connectivity index is 1.65. The van der Waals surface area contributed by atoms with Crippen LogP contribution in [-0.2, 0) is 14.3 Å². The van der Waals surface area contributed by atoms with Crippen molar-refractivity contribution in [2.75, 3.05) is 0 Å². The lowest BCUT2D eigenvalue weighted by molar-refractivity contribution is -0.149. The highest BCUT2D eigenvalue weighted by atomic mass is 16.5. The molecule has 0 aromatic heterocycles. The van der Waals surface area contributed by atoms with Crippen LogP contribution in [0.25, 0.3) is 0 Å². The highest BCUT2D eigenvalue weighted by Gasteiger charge is 2.58. The van der Waals surface area contributed by atoms with E-state index in [-0.39, 0.29) is 23.4 Å². The monoisotopic (exact) mass is 330 g/mol. The molecule has 0 heterocycles. The number of carbonyl (C=O) groups is 2. The SMILES string of the molecule is CC(=O)O[C@H]1CC[C@@]2(C)C(=CC(=O)[C@@H]3[C@H]4CCC[C@]4(C)CC[C@H]32)C1. The average Bonchev–Trinajstić information content (AvgIpc) is 2.90. The second-order valence-corrected chi connectivity index (χ2v) is 9.29. The van der Waals surface area contributed by atoms with Crippen molar-refractivity contribution in [3.63, 3.8) is 0 Å². The lowest BCUT2D eigenvalue weighted by atomic mass is 9.48. The molecular formula is C21H30O3. The van der Waals surface area contributed by atoms with E-state index in [0.29, 0.717) is 23.0 Å². The van der Waals surface area contributed by atoms with Crippen LogP contribution < -0.4 is 0 Å². The minimum atomic E-state index is -0.205. The van der Waals surface area contributed by atoms with Crippen molar-refractivity contribution in [2.45, 2.75) is 78.2 Å². The molecule has 0 amide bonds. The summed E-state index contributed by atoms with van der Waals surface area (Å²) >= 11 is 0. The Morgan fingerprint density at radius 1 is 1.12 bits per heavy atom. The highest BCUT2D eigenvalue weighted by molar-refractivity contribution is 5.94. The first kappa shape index (κ1) is 16.4. The number of allylic oxidation sites excluding steroid dienone is 1. The van der Waals surface area contributed by atoms with E-state index in [1.54, 1.807) is 0 Å². The predicted octanol–water partition coefficient (Wildman–Crippen LogP) is 4.45. The smallest absolute Gasteiger partial charge is 0.302 e. The molecule has 0 bridgehead atoms. The molecule has 0 aromatic rings. The van der Waals surface area contributed by atoms with Gasteiger partial charge >= 0.3 is 5.97 Å². The third-order valence-corrected chi connectivity index (χ3v) is 8.01. The van der Waals surface area contributed by atoms with Crippen LogP contribution in [0, 0.1) is 28.6 Å². The van der Waals surface area contributed by atoms with Crippen LogP contribution in [0.4, 0.5) is 0 Å². The summed E-state index contributed by atoms with van der Waals surface area (Å²) in [5.74, 6) is 1.49. The van der Waals surface area contributed by atoms with Gasteiger partial charge in [0.2, 0.25) is 0 Å². The third kappa shape index (κ3) is 2.30. The Morgan fingerprint density at radius 3 is 2.67 bits per heavy atom. The zero-order chi connectivity index (χ0) is 17.1. The van der Waals surface area contributed by atoms with Crippen LogP contribution >= 0.6 is 0 Å². The molecule has 0 aliphatic heterocycles. The molecule has 4 rings (SSSR count). The van der Waals surface area contributed by atoms with Gasteiger partial charge in [0.25, 0.3) is 0 Å². The van der Waals surface area contributed by atoms with Gasteiger partial charge in [0, 0.05) is 19.3 Å². The molecule has 0 aromatic carbocycles. The number of ketones is 1. The standard InChI is InChI=1S/C21H30O3/c1-13(22)24-15-6-10-21(3)14(11-15)12-18(23)19-16-5-4-8-20(16,2)9-7-17(19)21/h12,15-17,19H,4-11H2,1-3H3/t15-,16+,17+,19+,20+,21-/m0/s1. The van der Waals surface area contributed by atoms with Gasteiger partial charge in [-0.25, -0.2) is 0 Å². The quantitative estimate of drug-likeness (QED) is 0.667. The number of esters is 1. The van der Waals surface area contributed by atoms with Crippen molar-refractivity contribution in [3.05, 3.63) is 11.6 Å². The van der Waals surface area contributed by atoms with Crippen molar-refractivity contribution in [3.8, 4) is 0 Å². The van der Waals surface area contributed by atoms with Gasteiger partial charge in [-0.05, 0) is 67.3 Å². The molecule has 3 fully saturated rings. The lowest BCUT2D eigenvalue weighted by Gasteiger charge is -2.56. The van der Waals surface area contributed by atoms with Crippen molar-refractivity contribution in [2.24, 2.45) is 28.6 Å². The summed E-state index contributed by atoms with van der Waals surface area (Å²) in [5, 5.41) is 0. The fraction of sp³-hybridized carbons (Fsp3) is 0.810. The number of hydrogen-bond donors (Lipinski definition) is 0. The molecule has 0 unspecified atom stereocenters. The summed E-state index contributed by atoms with van der Waals surface area (Å²) in [4.78, 5) is 24.4. The van der Waals surface area contributed by atoms with E-state index >= 15 is 0 Å². The average molecular weight is 330 g/mol. The largest absolute Gasteiger partial charge is 0.462 e. The second kappa shape index (κ2) is 5.44. The Morgan fingerprint density at radius 2 is 1.92 bits per heavy atom. The van der Waals surface area contributed by atoms with Gasteiger partial charge in [-0.15, -0.1) is 0 Å². The van der Waals surface area contributed by atoms with E-state index in [9.17, 15) is 9.59 Å². The highest BCUT2D eigenvalue weighted by Crippen LogP contribution is 2.64. The second-order valence-electron chi connectivity index (χ2n) is 9.29. The molecule has 24 heavy (non-hydrogen) atoms. The van der Waals surface area contributed by atoms with Crippen LogP contribution in [0.2, 0.25) is 0 Å². The molecule has 132 valence electrons. The summed E-state index contributed by atoms with van der Waals surface area (Å²) in [6, 6.07) is 0. The summed E-state index contributed by atoms with van der Waals surface area (Å²) in [7, 11) is 0. The molecule has 3 nitrogen and oxygen atoms in total. The maximum absolute atomic E-state index is 13.1. The lowest BCUT2D eigenvalue weighted by Crippen LogP contribution is -2.52. The molecule has 0 radical (unpaired) electrons. The number of carbonyl (C=O) groups excluding carboxylic acids is 2. The molecule has 0 N–H and O–H groups in total. The minimum absolute atomic E-state index is 0.0356. The maximum atomic E-state index is 13.1. The van der Waals surface area contributed by atoms with E-state index in [1.807, 2.05) is 6.08 Å². The molecule has 3 saturated carbocycles. The van der Waals surface area contributed by atoms with Gasteiger partial charge in [-0.1, -0.05) is 25.8 Å². The van der Waals surface area contributed by atoms with Crippen LogP contribution in [-0.4, -0.2) is 17.9 Å². The molecular weight excluding hydrogens is 300 g/mol. The molecule has 6 atom stereocenters. The molecule has 3 heteroatoms. The van der Waals surface area contributed by atoms with E-state index in [0.717, 1.165) is 19.3 Å². The predicted molar refractivity (Wildman–Crippen MR) is 92.3 cm³/mol. The van der Waals surface area contributed by atoms with Gasteiger partial charge in [-0.2, -0.15) is 0 Å². The van der Waals surface area contributed by atoms with Crippen molar-refractivity contribution < 1.29 is 14.3 Å². The number of fused-ring (bicyclic) bond motifs is 5. The third-order valence-electron chi connectivity index (χ3n) is 8.01. The first-order valence-corrected chi connectivity index (χ1v) is 9.76. The van der Waals surface area contributed by atoms with Crippen molar-refractivity contribution >= 4 is 11.8 Å².